The highest BCUT2D eigenvalue weighted by Gasteiger charge is 2.39. The van der Waals surface area contributed by atoms with Gasteiger partial charge in [-0.25, -0.2) is 0 Å². The maximum Gasteiger partial charge on any atom is 0.0474 e. The Morgan fingerprint density at radius 3 is 2.71 bits per heavy atom. The summed E-state index contributed by atoms with van der Waals surface area (Å²) >= 11 is 0. The van der Waals surface area contributed by atoms with E-state index < -0.39 is 0 Å². The zero-order chi connectivity index (χ0) is 10.6. The lowest BCUT2D eigenvalue weighted by molar-refractivity contribution is 0.118. The van der Waals surface area contributed by atoms with E-state index in [1.165, 1.54) is 13.0 Å². The molecule has 1 aliphatic heterocycles. The molecule has 0 saturated carbocycles. The molecule has 0 aromatic heterocycles. The van der Waals surface area contributed by atoms with E-state index in [2.05, 4.69) is 18.7 Å². The van der Waals surface area contributed by atoms with Crippen LogP contribution in [0.4, 0.5) is 0 Å². The Hall–Kier alpha value is -0.120. The number of hydrogen-bond acceptors (Lipinski definition) is 3. The predicted molar refractivity (Wildman–Crippen MR) is 59.3 cm³/mol. The molecule has 1 heterocycles. The third-order valence-electron chi connectivity index (χ3n) is 3.62. The quantitative estimate of drug-likeness (QED) is 0.675. The molecule has 0 radical (unpaired) electrons. The molecule has 1 saturated heterocycles. The maximum absolute atomic E-state index is 5.78. The standard InChI is InChI=1S/C11H24N2O/c1-11(2)10(9-12)5-7-13(11)6-4-8-14-3/h10H,4-9,12H2,1-3H3. The second-order valence-corrected chi connectivity index (χ2v) is 4.71. The monoisotopic (exact) mass is 200 g/mol. The van der Waals surface area contributed by atoms with Crippen molar-refractivity contribution in [3.05, 3.63) is 0 Å². The molecule has 14 heavy (non-hydrogen) atoms. The molecule has 84 valence electrons. The van der Waals surface area contributed by atoms with E-state index >= 15 is 0 Å². The van der Waals surface area contributed by atoms with Gasteiger partial charge in [0.15, 0.2) is 0 Å². The molecule has 1 unspecified atom stereocenters. The van der Waals surface area contributed by atoms with Crippen molar-refractivity contribution in [1.29, 1.82) is 0 Å². The van der Waals surface area contributed by atoms with Crippen LogP contribution in [-0.2, 0) is 4.74 Å². The van der Waals surface area contributed by atoms with Crippen molar-refractivity contribution in [1.82, 2.24) is 4.90 Å². The van der Waals surface area contributed by atoms with Crippen LogP contribution in [0.1, 0.15) is 26.7 Å². The Balaban J connectivity index is 2.39. The van der Waals surface area contributed by atoms with Crippen LogP contribution in [0, 0.1) is 5.92 Å². The minimum Gasteiger partial charge on any atom is -0.385 e. The molecular formula is C11H24N2O. The summed E-state index contributed by atoms with van der Waals surface area (Å²) in [6.45, 7) is 8.62. The van der Waals surface area contributed by atoms with E-state index in [-0.39, 0.29) is 5.54 Å². The summed E-state index contributed by atoms with van der Waals surface area (Å²) in [6.07, 6.45) is 2.37. The number of rotatable bonds is 5. The molecule has 1 aliphatic rings. The third kappa shape index (κ3) is 2.47. The Morgan fingerprint density at radius 1 is 1.50 bits per heavy atom. The lowest BCUT2D eigenvalue weighted by Crippen LogP contribution is -2.45. The summed E-state index contributed by atoms with van der Waals surface area (Å²) in [7, 11) is 1.76. The zero-order valence-electron chi connectivity index (χ0n) is 9.75. The van der Waals surface area contributed by atoms with Gasteiger partial charge in [0, 0.05) is 25.8 Å². The fourth-order valence-electron chi connectivity index (χ4n) is 2.42. The van der Waals surface area contributed by atoms with Gasteiger partial charge >= 0.3 is 0 Å². The molecule has 1 rings (SSSR count). The maximum atomic E-state index is 5.78. The van der Waals surface area contributed by atoms with Gasteiger partial charge in [-0.15, -0.1) is 0 Å². The van der Waals surface area contributed by atoms with Gasteiger partial charge in [-0.3, -0.25) is 4.90 Å². The molecule has 0 bridgehead atoms. The molecule has 1 atom stereocenters. The van der Waals surface area contributed by atoms with Crippen molar-refractivity contribution in [2.45, 2.75) is 32.2 Å². The first-order chi connectivity index (χ1) is 6.62. The van der Waals surface area contributed by atoms with Gasteiger partial charge in [-0.1, -0.05) is 0 Å². The van der Waals surface area contributed by atoms with Gasteiger partial charge in [0.05, 0.1) is 0 Å². The van der Waals surface area contributed by atoms with Crippen LogP contribution >= 0.6 is 0 Å². The van der Waals surface area contributed by atoms with Crippen LogP contribution in [-0.4, -0.2) is 43.8 Å². The molecule has 0 amide bonds. The van der Waals surface area contributed by atoms with Crippen LogP contribution in [0.25, 0.3) is 0 Å². The van der Waals surface area contributed by atoms with Crippen LogP contribution in [0.3, 0.4) is 0 Å². The van der Waals surface area contributed by atoms with E-state index in [0.29, 0.717) is 5.92 Å². The number of hydrogen-bond donors (Lipinski definition) is 1. The summed E-state index contributed by atoms with van der Waals surface area (Å²) in [5.74, 6) is 0.657. The largest absolute Gasteiger partial charge is 0.385 e. The van der Waals surface area contributed by atoms with Crippen LogP contribution in [0.5, 0.6) is 0 Å². The lowest BCUT2D eigenvalue weighted by Gasteiger charge is -2.35. The van der Waals surface area contributed by atoms with E-state index in [4.69, 9.17) is 10.5 Å². The molecule has 0 aromatic carbocycles. The number of nitrogens with two attached hydrogens (primary N) is 1. The van der Waals surface area contributed by atoms with Crippen LogP contribution < -0.4 is 5.73 Å². The van der Waals surface area contributed by atoms with E-state index in [9.17, 15) is 0 Å². The number of likely N-dealkylation sites (tertiary alicyclic amines) is 1. The number of nitrogens with zero attached hydrogens (tertiary/aromatic N) is 1. The smallest absolute Gasteiger partial charge is 0.0474 e. The molecular weight excluding hydrogens is 176 g/mol. The Labute approximate surface area is 87.6 Å². The van der Waals surface area contributed by atoms with Gasteiger partial charge in [0.1, 0.15) is 0 Å². The first-order valence-corrected chi connectivity index (χ1v) is 5.57. The Bertz CT molecular complexity index is 171. The predicted octanol–water partition coefficient (Wildman–Crippen LogP) is 1.08. The van der Waals surface area contributed by atoms with Gasteiger partial charge in [0.2, 0.25) is 0 Å². The van der Waals surface area contributed by atoms with Crippen molar-refractivity contribution < 1.29 is 4.74 Å². The second-order valence-electron chi connectivity index (χ2n) is 4.71. The highest BCUT2D eigenvalue weighted by atomic mass is 16.5. The fraction of sp³-hybridized carbons (Fsp3) is 1.00. The van der Waals surface area contributed by atoms with Crippen molar-refractivity contribution in [2.75, 3.05) is 33.4 Å². The van der Waals surface area contributed by atoms with Gasteiger partial charge in [-0.05, 0) is 45.7 Å². The topological polar surface area (TPSA) is 38.5 Å². The average Bonchev–Trinajstić information content (AvgIpc) is 2.42. The molecule has 2 N–H and O–H groups in total. The average molecular weight is 200 g/mol. The Morgan fingerprint density at radius 2 is 2.21 bits per heavy atom. The summed E-state index contributed by atoms with van der Waals surface area (Å²) in [5, 5.41) is 0. The van der Waals surface area contributed by atoms with Crippen molar-refractivity contribution >= 4 is 0 Å². The molecule has 3 nitrogen and oxygen atoms in total. The van der Waals surface area contributed by atoms with Gasteiger partial charge < -0.3 is 10.5 Å². The summed E-state index contributed by atoms with van der Waals surface area (Å²) < 4.78 is 5.07. The van der Waals surface area contributed by atoms with E-state index in [1.807, 2.05) is 0 Å². The highest BCUT2D eigenvalue weighted by Crippen LogP contribution is 2.33. The minimum atomic E-state index is 0.280. The number of ether oxygens (including phenoxy) is 1. The van der Waals surface area contributed by atoms with Crippen molar-refractivity contribution in [3.8, 4) is 0 Å². The van der Waals surface area contributed by atoms with Crippen molar-refractivity contribution in [2.24, 2.45) is 11.7 Å². The van der Waals surface area contributed by atoms with Gasteiger partial charge in [0.25, 0.3) is 0 Å². The lowest BCUT2D eigenvalue weighted by atomic mass is 9.88. The van der Waals surface area contributed by atoms with Crippen molar-refractivity contribution in [3.63, 3.8) is 0 Å². The minimum absolute atomic E-state index is 0.280. The van der Waals surface area contributed by atoms with E-state index in [1.54, 1.807) is 7.11 Å². The second kappa shape index (κ2) is 5.10. The first kappa shape index (κ1) is 12.0. The molecule has 1 fully saturated rings. The number of methoxy groups -OCH3 is 1. The SMILES string of the molecule is COCCCN1CCC(CN)C1(C)C. The van der Waals surface area contributed by atoms with Gasteiger partial charge in [-0.2, -0.15) is 0 Å². The molecule has 3 heteroatoms. The fourth-order valence-corrected chi connectivity index (χ4v) is 2.42. The highest BCUT2D eigenvalue weighted by molar-refractivity contribution is 4.95. The Kier molecular flexibility index (Phi) is 4.35. The molecule has 0 aromatic rings. The zero-order valence-corrected chi connectivity index (χ0v) is 9.75. The van der Waals surface area contributed by atoms with E-state index in [0.717, 1.165) is 26.1 Å². The first-order valence-electron chi connectivity index (χ1n) is 5.57. The summed E-state index contributed by atoms with van der Waals surface area (Å²) in [4.78, 5) is 2.55. The molecule has 0 aliphatic carbocycles. The molecule has 0 spiro atoms. The summed E-state index contributed by atoms with van der Waals surface area (Å²) in [6, 6.07) is 0. The normalized spacial score (nSPS) is 27.0. The van der Waals surface area contributed by atoms with Crippen LogP contribution in [0.2, 0.25) is 0 Å². The van der Waals surface area contributed by atoms with Crippen LogP contribution in [0.15, 0.2) is 0 Å². The third-order valence-corrected chi connectivity index (χ3v) is 3.62. The summed E-state index contributed by atoms with van der Waals surface area (Å²) in [5.41, 5.74) is 6.06.